The van der Waals surface area contributed by atoms with Crippen LogP contribution in [0, 0.1) is 0 Å². The second-order valence-electron chi connectivity index (χ2n) is 4.31. The van der Waals surface area contributed by atoms with Crippen LogP contribution in [0.4, 0.5) is 0 Å². The molecule has 1 unspecified atom stereocenters. The Morgan fingerprint density at radius 1 is 1.35 bits per heavy atom. The van der Waals surface area contributed by atoms with Crippen LogP contribution in [0.15, 0.2) is 48.1 Å². The van der Waals surface area contributed by atoms with E-state index in [4.69, 9.17) is 0 Å². The minimum atomic E-state index is -3.51. The van der Waals surface area contributed by atoms with Gasteiger partial charge in [0.1, 0.15) is 5.82 Å². The number of hydrogen-bond donors (Lipinski definition) is 2. The molecule has 20 heavy (non-hydrogen) atoms. The van der Waals surface area contributed by atoms with Crippen LogP contribution in [0.25, 0.3) is 6.08 Å². The lowest BCUT2D eigenvalue weighted by Crippen LogP contribution is -2.27. The summed E-state index contributed by atoms with van der Waals surface area (Å²) >= 11 is 0. The molecule has 2 aromatic rings. The van der Waals surface area contributed by atoms with Crippen LogP contribution in [0.5, 0.6) is 0 Å². The Balaban J connectivity index is 2.09. The first-order valence-corrected chi connectivity index (χ1v) is 7.90. The Morgan fingerprint density at radius 2 is 2.10 bits per heavy atom. The highest BCUT2D eigenvalue weighted by Gasteiger charge is 2.17. The van der Waals surface area contributed by atoms with Gasteiger partial charge in [-0.2, -0.15) is 0 Å². The van der Waals surface area contributed by atoms with E-state index in [0.717, 1.165) is 5.56 Å². The Hall–Kier alpha value is -1.92. The van der Waals surface area contributed by atoms with E-state index in [1.165, 1.54) is 5.41 Å². The summed E-state index contributed by atoms with van der Waals surface area (Å²) in [6.45, 7) is 1.90. The molecule has 0 spiro atoms. The van der Waals surface area contributed by atoms with Crippen LogP contribution in [-0.2, 0) is 10.0 Å². The van der Waals surface area contributed by atoms with Crippen molar-refractivity contribution in [1.82, 2.24) is 14.7 Å². The van der Waals surface area contributed by atoms with Gasteiger partial charge in [-0.25, -0.2) is 18.1 Å². The quantitative estimate of drug-likeness (QED) is 0.858. The van der Waals surface area contributed by atoms with E-state index in [1.807, 2.05) is 37.3 Å². The molecule has 0 aliphatic heterocycles. The fourth-order valence-electron chi connectivity index (χ4n) is 1.77. The summed E-state index contributed by atoms with van der Waals surface area (Å²) < 4.78 is 26.7. The fraction of sp³-hybridized carbons (Fsp3) is 0.214. The maximum atomic E-state index is 12.0. The van der Waals surface area contributed by atoms with Crippen molar-refractivity contribution in [3.63, 3.8) is 0 Å². The maximum absolute atomic E-state index is 12.0. The zero-order chi connectivity index (χ0) is 14.4. The highest BCUT2D eigenvalue weighted by atomic mass is 32.2. The summed E-state index contributed by atoms with van der Waals surface area (Å²) in [6.07, 6.45) is 5.46. The summed E-state index contributed by atoms with van der Waals surface area (Å²) in [7, 11) is -3.51. The normalized spacial score (nSPS) is 13.7. The monoisotopic (exact) mass is 291 g/mol. The molecule has 1 aromatic carbocycles. The van der Waals surface area contributed by atoms with Crippen LogP contribution in [0.1, 0.15) is 30.8 Å². The molecule has 0 saturated heterocycles. The average molecular weight is 291 g/mol. The number of hydrogen-bond acceptors (Lipinski definition) is 3. The van der Waals surface area contributed by atoms with Crippen molar-refractivity contribution in [1.29, 1.82) is 0 Å². The topological polar surface area (TPSA) is 74.8 Å². The highest BCUT2D eigenvalue weighted by molar-refractivity contribution is 7.92. The van der Waals surface area contributed by atoms with Crippen molar-refractivity contribution in [3.8, 4) is 0 Å². The zero-order valence-electron chi connectivity index (χ0n) is 11.2. The molecule has 0 radical (unpaired) electrons. The number of nitrogens with zero attached hydrogens (tertiary/aromatic N) is 1. The van der Waals surface area contributed by atoms with Gasteiger partial charge in [0, 0.05) is 17.8 Å². The van der Waals surface area contributed by atoms with E-state index in [-0.39, 0.29) is 6.04 Å². The number of aromatic nitrogens is 2. The van der Waals surface area contributed by atoms with Crippen molar-refractivity contribution < 1.29 is 8.42 Å². The number of nitrogens with one attached hydrogen (secondary N) is 2. The number of aromatic amines is 1. The van der Waals surface area contributed by atoms with Gasteiger partial charge in [-0.05, 0) is 18.1 Å². The molecule has 0 bridgehead atoms. The van der Waals surface area contributed by atoms with Gasteiger partial charge in [0.15, 0.2) is 0 Å². The number of imidazole rings is 1. The van der Waals surface area contributed by atoms with Crippen molar-refractivity contribution >= 4 is 16.1 Å². The largest absolute Gasteiger partial charge is 0.347 e. The Bertz CT molecular complexity index is 649. The third-order valence-corrected chi connectivity index (χ3v) is 3.91. The summed E-state index contributed by atoms with van der Waals surface area (Å²) in [5.74, 6) is 0.615. The molecule has 2 rings (SSSR count). The molecule has 0 aliphatic rings. The van der Waals surface area contributed by atoms with Crippen molar-refractivity contribution in [2.45, 2.75) is 19.4 Å². The first kappa shape index (κ1) is 14.5. The molecular weight excluding hydrogens is 274 g/mol. The fourth-order valence-corrected chi connectivity index (χ4v) is 2.86. The molecule has 1 aromatic heterocycles. The van der Waals surface area contributed by atoms with Crippen LogP contribution in [0.3, 0.4) is 0 Å². The van der Waals surface area contributed by atoms with E-state index in [1.54, 1.807) is 18.5 Å². The van der Waals surface area contributed by atoms with Gasteiger partial charge in [0.25, 0.3) is 0 Å². The maximum Gasteiger partial charge on any atom is 0.234 e. The molecule has 1 atom stereocenters. The lowest BCUT2D eigenvalue weighted by atomic mass is 10.2. The molecular formula is C14H17N3O2S. The Kier molecular flexibility index (Phi) is 4.70. The van der Waals surface area contributed by atoms with Crippen molar-refractivity contribution in [2.75, 3.05) is 0 Å². The van der Waals surface area contributed by atoms with Gasteiger partial charge in [-0.15, -0.1) is 0 Å². The van der Waals surface area contributed by atoms with Gasteiger partial charge in [-0.1, -0.05) is 37.3 Å². The molecule has 0 aliphatic carbocycles. The predicted octanol–water partition coefficient (Wildman–Crippen LogP) is 2.45. The van der Waals surface area contributed by atoms with E-state index in [0.29, 0.717) is 12.2 Å². The Morgan fingerprint density at radius 3 is 2.70 bits per heavy atom. The molecule has 0 amide bonds. The smallest absolute Gasteiger partial charge is 0.234 e. The van der Waals surface area contributed by atoms with Crippen LogP contribution >= 0.6 is 0 Å². The van der Waals surface area contributed by atoms with Gasteiger partial charge in [0.05, 0.1) is 6.04 Å². The third kappa shape index (κ3) is 4.04. The number of H-pyrrole nitrogens is 1. The first-order valence-electron chi connectivity index (χ1n) is 6.35. The van der Waals surface area contributed by atoms with Gasteiger partial charge >= 0.3 is 0 Å². The lowest BCUT2D eigenvalue weighted by Gasteiger charge is -2.12. The van der Waals surface area contributed by atoms with Crippen molar-refractivity contribution in [2.24, 2.45) is 0 Å². The second-order valence-corrected chi connectivity index (χ2v) is 5.91. The van der Waals surface area contributed by atoms with Gasteiger partial charge in [0.2, 0.25) is 10.0 Å². The van der Waals surface area contributed by atoms with E-state index in [2.05, 4.69) is 14.7 Å². The van der Waals surface area contributed by atoms with Gasteiger partial charge < -0.3 is 4.98 Å². The zero-order valence-corrected chi connectivity index (χ0v) is 12.0. The van der Waals surface area contributed by atoms with Crippen LogP contribution < -0.4 is 4.72 Å². The van der Waals surface area contributed by atoms with E-state index in [9.17, 15) is 8.42 Å². The summed E-state index contributed by atoms with van der Waals surface area (Å²) in [4.78, 5) is 7.01. The minimum Gasteiger partial charge on any atom is -0.347 e. The van der Waals surface area contributed by atoms with E-state index >= 15 is 0 Å². The minimum absolute atomic E-state index is 0.351. The lowest BCUT2D eigenvalue weighted by molar-refractivity contribution is 0.547. The molecule has 106 valence electrons. The van der Waals surface area contributed by atoms with E-state index < -0.39 is 10.0 Å². The first-order chi connectivity index (χ1) is 9.61. The summed E-state index contributed by atoms with van der Waals surface area (Å²) in [6, 6.07) is 8.93. The Labute approximate surface area is 118 Å². The highest BCUT2D eigenvalue weighted by Crippen LogP contribution is 2.13. The van der Waals surface area contributed by atoms with Crippen LogP contribution in [0.2, 0.25) is 0 Å². The number of benzene rings is 1. The molecule has 5 nitrogen and oxygen atoms in total. The average Bonchev–Trinajstić information content (AvgIpc) is 2.98. The van der Waals surface area contributed by atoms with Crippen molar-refractivity contribution in [3.05, 3.63) is 59.5 Å². The van der Waals surface area contributed by atoms with Crippen LogP contribution in [-0.4, -0.2) is 18.4 Å². The molecule has 0 fully saturated rings. The molecule has 6 heteroatoms. The molecule has 1 heterocycles. The summed E-state index contributed by atoms with van der Waals surface area (Å²) in [5.41, 5.74) is 0.837. The third-order valence-electron chi connectivity index (χ3n) is 2.80. The molecule has 0 saturated carbocycles. The number of rotatable bonds is 6. The number of sulfonamides is 1. The SMILES string of the molecule is CCC(NS(=O)(=O)/C=C/c1ccccc1)c1ncc[nH]1. The standard InChI is InChI=1S/C14H17N3O2S/c1-2-13(14-15-9-10-16-14)17-20(18,19)11-8-12-6-4-3-5-7-12/h3-11,13,17H,2H2,1H3,(H,15,16)/b11-8+. The predicted molar refractivity (Wildman–Crippen MR) is 79.2 cm³/mol. The molecule has 2 N–H and O–H groups in total. The summed E-state index contributed by atoms with van der Waals surface area (Å²) in [5, 5.41) is 1.17. The van der Waals surface area contributed by atoms with Gasteiger partial charge in [-0.3, -0.25) is 0 Å². The second kappa shape index (κ2) is 6.49.